The molecule has 0 saturated heterocycles. The summed E-state index contributed by atoms with van der Waals surface area (Å²) in [6, 6.07) is 0. The molecule has 0 heterocycles. The van der Waals surface area contributed by atoms with Crippen molar-refractivity contribution in [1.29, 1.82) is 0 Å². The van der Waals surface area contributed by atoms with Crippen molar-refractivity contribution < 1.29 is 4.79 Å². The van der Waals surface area contributed by atoms with Gasteiger partial charge in [0.1, 0.15) is 0 Å². The van der Waals surface area contributed by atoms with Crippen LogP contribution < -0.4 is 0 Å². The zero-order valence-corrected chi connectivity index (χ0v) is 10.8. The van der Waals surface area contributed by atoms with E-state index in [0.717, 1.165) is 5.57 Å². The maximum absolute atomic E-state index is 11.2. The van der Waals surface area contributed by atoms with Crippen LogP contribution in [-0.2, 0) is 4.79 Å². The quantitative estimate of drug-likeness (QED) is 0.486. The van der Waals surface area contributed by atoms with Gasteiger partial charge in [0.05, 0.1) is 0 Å². The molecule has 0 saturated carbocycles. The minimum Gasteiger partial charge on any atom is -0.294 e. The van der Waals surface area contributed by atoms with Gasteiger partial charge in [0, 0.05) is 12.0 Å². The van der Waals surface area contributed by atoms with E-state index in [1.807, 2.05) is 26.8 Å². The molecule has 0 aromatic rings. The van der Waals surface area contributed by atoms with Crippen LogP contribution in [0, 0.1) is 5.92 Å². The molecular formula is C14H24O. The first-order valence-corrected chi connectivity index (χ1v) is 5.59. The summed E-state index contributed by atoms with van der Waals surface area (Å²) < 4.78 is 0. The van der Waals surface area contributed by atoms with Gasteiger partial charge < -0.3 is 0 Å². The van der Waals surface area contributed by atoms with Gasteiger partial charge in [-0.1, -0.05) is 53.9 Å². The molecule has 1 nitrogen and oxygen atoms in total. The molecule has 0 spiro atoms. The number of ketones is 1. The number of carbonyl (C=O) groups is 1. The van der Waals surface area contributed by atoms with Gasteiger partial charge in [-0.3, -0.25) is 4.79 Å². The highest BCUT2D eigenvalue weighted by atomic mass is 16.1. The van der Waals surface area contributed by atoms with Crippen molar-refractivity contribution in [2.24, 2.45) is 5.92 Å². The fourth-order valence-electron chi connectivity index (χ4n) is 0.970. The molecule has 0 N–H and O–H groups in total. The first-order valence-electron chi connectivity index (χ1n) is 5.59. The molecule has 0 atom stereocenters. The molecule has 1 heteroatoms. The van der Waals surface area contributed by atoms with Crippen LogP contribution in [0.4, 0.5) is 0 Å². The summed E-state index contributed by atoms with van der Waals surface area (Å²) in [6.45, 7) is 17.4. The lowest BCUT2D eigenvalue weighted by molar-refractivity contribution is -0.114. The van der Waals surface area contributed by atoms with E-state index in [2.05, 4.69) is 27.0 Å². The summed E-state index contributed by atoms with van der Waals surface area (Å²) in [5, 5.41) is 0. The third kappa shape index (κ3) is 6.89. The summed E-state index contributed by atoms with van der Waals surface area (Å²) in [4.78, 5) is 11.2. The van der Waals surface area contributed by atoms with E-state index in [9.17, 15) is 4.79 Å². The Bertz CT molecular complexity index is 244. The zero-order valence-electron chi connectivity index (χ0n) is 10.8. The Kier molecular flexibility index (Phi) is 10.3. The predicted molar refractivity (Wildman–Crippen MR) is 68.9 cm³/mol. The van der Waals surface area contributed by atoms with Crippen molar-refractivity contribution in [2.45, 2.75) is 41.0 Å². The van der Waals surface area contributed by atoms with Crippen LogP contribution in [0.15, 0.2) is 36.5 Å². The van der Waals surface area contributed by atoms with Crippen LogP contribution in [0.1, 0.15) is 41.0 Å². The Morgan fingerprint density at radius 1 is 1.33 bits per heavy atom. The largest absolute Gasteiger partial charge is 0.294 e. The lowest BCUT2D eigenvalue weighted by atomic mass is 9.99. The van der Waals surface area contributed by atoms with Crippen molar-refractivity contribution in [3.05, 3.63) is 36.5 Å². The molecule has 86 valence electrons. The first-order chi connectivity index (χ1) is 7.02. The fraction of sp³-hybridized carbons (Fsp3) is 0.500. The van der Waals surface area contributed by atoms with Crippen LogP contribution >= 0.6 is 0 Å². The predicted octanol–water partition coefficient (Wildman–Crippen LogP) is 4.32. The third-order valence-electron chi connectivity index (χ3n) is 1.92. The number of hydrogen-bond acceptors (Lipinski definition) is 1. The molecule has 0 rings (SSSR count). The van der Waals surface area contributed by atoms with Gasteiger partial charge in [0.15, 0.2) is 5.78 Å². The Labute approximate surface area is 94.6 Å². The Morgan fingerprint density at radius 3 is 2.07 bits per heavy atom. The molecule has 0 bridgehead atoms. The molecule has 15 heavy (non-hydrogen) atoms. The molecule has 0 aliphatic heterocycles. The number of allylic oxidation sites excluding steroid dienone is 4. The topological polar surface area (TPSA) is 17.1 Å². The summed E-state index contributed by atoms with van der Waals surface area (Å²) in [5.41, 5.74) is 1.64. The highest BCUT2D eigenvalue weighted by Gasteiger charge is 2.04. The van der Waals surface area contributed by atoms with Gasteiger partial charge in [0.25, 0.3) is 0 Å². The van der Waals surface area contributed by atoms with E-state index >= 15 is 0 Å². The normalized spacial score (nSPS) is 10.4. The van der Waals surface area contributed by atoms with E-state index < -0.39 is 0 Å². The SMILES string of the molecule is C=C/C(=C\C(=C)C(=O)CC)C(C)C.CC. The minimum absolute atomic E-state index is 0.0972. The summed E-state index contributed by atoms with van der Waals surface area (Å²) >= 11 is 0. The summed E-state index contributed by atoms with van der Waals surface area (Å²) in [7, 11) is 0. The summed E-state index contributed by atoms with van der Waals surface area (Å²) in [6.07, 6.45) is 4.11. The van der Waals surface area contributed by atoms with Crippen molar-refractivity contribution in [2.75, 3.05) is 0 Å². The Hall–Kier alpha value is -1.11. The highest BCUT2D eigenvalue weighted by molar-refractivity contribution is 5.97. The lowest BCUT2D eigenvalue weighted by Gasteiger charge is -2.06. The van der Waals surface area contributed by atoms with Gasteiger partial charge in [-0.15, -0.1) is 0 Å². The van der Waals surface area contributed by atoms with Gasteiger partial charge in [-0.2, -0.15) is 0 Å². The van der Waals surface area contributed by atoms with Gasteiger partial charge >= 0.3 is 0 Å². The summed E-state index contributed by atoms with van der Waals surface area (Å²) in [5.74, 6) is 0.485. The van der Waals surface area contributed by atoms with Crippen LogP contribution in [0.25, 0.3) is 0 Å². The fourth-order valence-corrected chi connectivity index (χ4v) is 0.970. The number of Topliss-reactive ketones (excluding diaryl/α,β-unsaturated/α-hetero) is 1. The van der Waals surface area contributed by atoms with Gasteiger partial charge in [-0.25, -0.2) is 0 Å². The molecule has 0 unspecified atom stereocenters. The van der Waals surface area contributed by atoms with E-state index in [4.69, 9.17) is 0 Å². The number of hydrogen-bond donors (Lipinski definition) is 0. The smallest absolute Gasteiger partial charge is 0.162 e. The second-order valence-electron chi connectivity index (χ2n) is 3.31. The van der Waals surface area contributed by atoms with Crippen molar-refractivity contribution in [3.63, 3.8) is 0 Å². The number of rotatable bonds is 5. The maximum atomic E-state index is 11.2. The maximum Gasteiger partial charge on any atom is 0.162 e. The zero-order chi connectivity index (χ0) is 12.4. The molecular weight excluding hydrogens is 184 g/mol. The van der Waals surface area contributed by atoms with Crippen molar-refractivity contribution in [1.82, 2.24) is 0 Å². The van der Waals surface area contributed by atoms with E-state index in [0.29, 0.717) is 17.9 Å². The van der Waals surface area contributed by atoms with Crippen molar-refractivity contribution >= 4 is 5.78 Å². The molecule has 0 aromatic carbocycles. The second-order valence-corrected chi connectivity index (χ2v) is 3.31. The molecule has 0 aromatic heterocycles. The highest BCUT2D eigenvalue weighted by Crippen LogP contribution is 2.13. The standard InChI is InChI=1S/C12H18O.C2H6/c1-6-11(9(3)4)8-10(5)12(13)7-2;1-2/h6,8-9H,1,5,7H2,2-4H3;1-2H3/b11-8+;. The van der Waals surface area contributed by atoms with E-state index in [1.165, 1.54) is 0 Å². The molecule has 0 radical (unpaired) electrons. The van der Waals surface area contributed by atoms with E-state index in [1.54, 1.807) is 6.08 Å². The molecule has 0 amide bonds. The lowest BCUT2D eigenvalue weighted by Crippen LogP contribution is -1.99. The third-order valence-corrected chi connectivity index (χ3v) is 1.92. The van der Waals surface area contributed by atoms with Crippen LogP contribution in [0.2, 0.25) is 0 Å². The van der Waals surface area contributed by atoms with Crippen molar-refractivity contribution in [3.8, 4) is 0 Å². The van der Waals surface area contributed by atoms with Crippen LogP contribution in [-0.4, -0.2) is 5.78 Å². The average molecular weight is 208 g/mol. The van der Waals surface area contributed by atoms with Gasteiger partial charge in [0.2, 0.25) is 0 Å². The van der Waals surface area contributed by atoms with Crippen LogP contribution in [0.3, 0.4) is 0 Å². The second kappa shape index (κ2) is 9.45. The monoisotopic (exact) mass is 208 g/mol. The molecule has 0 aliphatic carbocycles. The number of carbonyl (C=O) groups excluding carboxylic acids is 1. The minimum atomic E-state index is 0.0972. The average Bonchev–Trinajstić information content (AvgIpc) is 2.26. The Balaban J connectivity index is 0. The molecule has 0 aliphatic rings. The molecule has 0 fully saturated rings. The van der Waals surface area contributed by atoms with Gasteiger partial charge in [-0.05, 0) is 17.6 Å². The van der Waals surface area contributed by atoms with E-state index in [-0.39, 0.29) is 5.78 Å². The van der Waals surface area contributed by atoms with Crippen LogP contribution in [0.5, 0.6) is 0 Å². The Morgan fingerprint density at radius 2 is 1.80 bits per heavy atom. The first kappa shape index (κ1) is 16.3.